The Morgan fingerprint density at radius 1 is 0.458 bits per heavy atom. The first kappa shape index (κ1) is 36.2. The fourth-order valence-corrected chi connectivity index (χ4v) is 9.38. The fraction of sp³-hybridized carbons (Fsp3) is 0.0877. The Bertz CT molecular complexity index is 3000. The largest absolute Gasteiger partial charge is 0.455 e. The lowest BCUT2D eigenvalue weighted by Gasteiger charge is -2.29. The molecule has 0 amide bonds. The second-order valence-electron chi connectivity index (χ2n) is 16.2. The van der Waals surface area contributed by atoms with E-state index in [1.165, 1.54) is 50.9 Å². The van der Waals surface area contributed by atoms with Crippen LogP contribution in [0.3, 0.4) is 0 Å². The molecule has 2 nitrogen and oxygen atoms in total. The number of nitrogens with two attached hydrogens (primary N) is 1. The van der Waals surface area contributed by atoms with Gasteiger partial charge in [0.1, 0.15) is 11.2 Å². The molecule has 2 aliphatic carbocycles. The van der Waals surface area contributed by atoms with E-state index in [0.717, 1.165) is 56.3 Å². The van der Waals surface area contributed by atoms with Crippen LogP contribution in [-0.2, 0) is 5.41 Å². The molecule has 0 radical (unpaired) electrons. The van der Waals surface area contributed by atoms with Crippen molar-refractivity contribution in [3.05, 3.63) is 222 Å². The van der Waals surface area contributed by atoms with Gasteiger partial charge in [0.05, 0.1) is 0 Å². The van der Waals surface area contributed by atoms with Crippen molar-refractivity contribution in [2.75, 3.05) is 5.73 Å². The Balaban J connectivity index is 0.000000169. The molecule has 2 N–H and O–H groups in total. The average molecular weight is 760 g/mol. The predicted octanol–water partition coefficient (Wildman–Crippen LogP) is 15.4. The molecule has 2 aliphatic rings. The normalized spacial score (nSPS) is 14.0. The number of hydrogen-bond donors (Lipinski definition) is 1. The summed E-state index contributed by atoms with van der Waals surface area (Å²) in [5.41, 5.74) is 27.0. The minimum absolute atomic E-state index is 0.105. The summed E-state index contributed by atoms with van der Waals surface area (Å²) >= 11 is 0. The second-order valence-corrected chi connectivity index (χ2v) is 16.2. The summed E-state index contributed by atoms with van der Waals surface area (Å²) in [5, 5.41) is 2.23. The summed E-state index contributed by atoms with van der Waals surface area (Å²) in [7, 11) is 0. The van der Waals surface area contributed by atoms with Crippen molar-refractivity contribution in [2.24, 2.45) is 0 Å². The summed E-state index contributed by atoms with van der Waals surface area (Å²) in [6.45, 7) is 4.74. The van der Waals surface area contributed by atoms with Gasteiger partial charge in [-0.15, -0.1) is 0 Å². The van der Waals surface area contributed by atoms with E-state index in [1.807, 2.05) is 36.4 Å². The van der Waals surface area contributed by atoms with Gasteiger partial charge < -0.3 is 10.2 Å². The minimum Gasteiger partial charge on any atom is -0.455 e. The van der Waals surface area contributed by atoms with Crippen LogP contribution in [0.4, 0.5) is 5.69 Å². The third-order valence-corrected chi connectivity index (χ3v) is 12.1. The summed E-state index contributed by atoms with van der Waals surface area (Å²) in [5.74, 6) is 0. The molecule has 1 aromatic heterocycles. The van der Waals surface area contributed by atoms with E-state index in [0.29, 0.717) is 0 Å². The van der Waals surface area contributed by atoms with Gasteiger partial charge in [-0.1, -0.05) is 172 Å². The van der Waals surface area contributed by atoms with Crippen molar-refractivity contribution >= 4 is 38.8 Å². The summed E-state index contributed by atoms with van der Waals surface area (Å²) in [4.78, 5) is 0. The molecule has 59 heavy (non-hydrogen) atoms. The van der Waals surface area contributed by atoms with Crippen LogP contribution < -0.4 is 5.73 Å². The quantitative estimate of drug-likeness (QED) is 0.178. The van der Waals surface area contributed by atoms with Crippen LogP contribution in [0, 0.1) is 0 Å². The number of furan rings is 1. The SMILES string of the molecule is CC1(C)C2=C(CCC=C2c2ccccc2)c2ccccc21.Nc1cc(-c2cc(-c3ccccc3)cc(-c3ccccc3)c2)cc(-c2cccc3c2oc2ccccc23)c1. The Hall–Kier alpha value is -7.16. The van der Waals surface area contributed by atoms with E-state index in [4.69, 9.17) is 10.2 Å². The van der Waals surface area contributed by atoms with Crippen LogP contribution in [0.1, 0.15) is 43.4 Å². The van der Waals surface area contributed by atoms with Gasteiger partial charge >= 0.3 is 0 Å². The molecule has 2 heteroatoms. The Labute approximate surface area is 346 Å². The number of hydrogen-bond acceptors (Lipinski definition) is 2. The maximum absolute atomic E-state index is 6.52. The van der Waals surface area contributed by atoms with Gasteiger partial charge in [-0.2, -0.15) is 0 Å². The standard InChI is InChI=1S/C36H25NO.C21H20/c37-31-22-29(21-30(23-31)32-15-9-16-34-33-14-7-8-17-35(33)38-36(32)34)28-19-26(24-10-3-1-4-11-24)18-27(20-28)25-12-5-2-6-13-25;1-21(2)19-14-7-6-11-17(19)18-13-8-12-16(20(18)21)15-9-4-3-5-10-15/h1-23H,37H2;3-7,9-12,14H,8,13H2,1-2H3. The zero-order chi connectivity index (χ0) is 39.9. The van der Waals surface area contributed by atoms with Crippen LogP contribution >= 0.6 is 0 Å². The van der Waals surface area contributed by atoms with Crippen LogP contribution in [0.5, 0.6) is 0 Å². The molecular formula is C57H45NO. The number of nitrogen functional groups attached to an aromatic ring is 1. The molecule has 0 bridgehead atoms. The molecule has 0 saturated carbocycles. The zero-order valence-electron chi connectivity index (χ0n) is 33.5. The molecule has 0 unspecified atom stereocenters. The molecule has 8 aromatic carbocycles. The van der Waals surface area contributed by atoms with Crippen molar-refractivity contribution in [3.63, 3.8) is 0 Å². The van der Waals surface area contributed by atoms with E-state index in [2.05, 4.69) is 178 Å². The molecule has 0 aliphatic heterocycles. The first-order chi connectivity index (χ1) is 28.9. The molecule has 284 valence electrons. The molecular weight excluding hydrogens is 715 g/mol. The molecule has 0 saturated heterocycles. The highest BCUT2D eigenvalue weighted by molar-refractivity contribution is 6.10. The molecule has 0 atom stereocenters. The van der Waals surface area contributed by atoms with E-state index in [-0.39, 0.29) is 5.41 Å². The highest BCUT2D eigenvalue weighted by atomic mass is 16.3. The zero-order valence-corrected chi connectivity index (χ0v) is 33.5. The second kappa shape index (κ2) is 15.0. The number of benzene rings is 8. The number of allylic oxidation sites excluding steroid dienone is 4. The predicted molar refractivity (Wildman–Crippen MR) is 250 cm³/mol. The van der Waals surface area contributed by atoms with Crippen LogP contribution in [0.25, 0.3) is 77.6 Å². The number of anilines is 1. The summed E-state index contributed by atoms with van der Waals surface area (Å²) in [6.07, 6.45) is 4.75. The summed E-state index contributed by atoms with van der Waals surface area (Å²) in [6, 6.07) is 68.4. The molecule has 1 heterocycles. The Morgan fingerprint density at radius 3 is 1.66 bits per heavy atom. The smallest absolute Gasteiger partial charge is 0.143 e. The van der Waals surface area contributed by atoms with Crippen molar-refractivity contribution in [1.29, 1.82) is 0 Å². The van der Waals surface area contributed by atoms with Crippen molar-refractivity contribution in [3.8, 4) is 44.5 Å². The van der Waals surface area contributed by atoms with Gasteiger partial charge in [-0.05, 0) is 128 Å². The summed E-state index contributed by atoms with van der Waals surface area (Å²) < 4.78 is 6.34. The van der Waals surface area contributed by atoms with Crippen LogP contribution in [-0.4, -0.2) is 0 Å². The van der Waals surface area contributed by atoms with Gasteiger partial charge in [-0.25, -0.2) is 0 Å². The highest BCUT2D eigenvalue weighted by Gasteiger charge is 2.40. The third kappa shape index (κ3) is 6.67. The van der Waals surface area contributed by atoms with Crippen molar-refractivity contribution < 1.29 is 4.42 Å². The van der Waals surface area contributed by atoms with E-state index in [9.17, 15) is 0 Å². The number of rotatable bonds is 5. The fourth-order valence-electron chi connectivity index (χ4n) is 9.38. The molecule has 0 spiro atoms. The van der Waals surface area contributed by atoms with Gasteiger partial charge in [-0.3, -0.25) is 0 Å². The van der Waals surface area contributed by atoms with Gasteiger partial charge in [0.25, 0.3) is 0 Å². The van der Waals surface area contributed by atoms with E-state index < -0.39 is 0 Å². The van der Waals surface area contributed by atoms with Crippen LogP contribution in [0.2, 0.25) is 0 Å². The lowest BCUT2D eigenvalue weighted by Crippen LogP contribution is -2.19. The van der Waals surface area contributed by atoms with Crippen molar-refractivity contribution in [1.82, 2.24) is 0 Å². The first-order valence-corrected chi connectivity index (χ1v) is 20.6. The number of para-hydroxylation sites is 2. The van der Waals surface area contributed by atoms with E-state index >= 15 is 0 Å². The lowest BCUT2D eigenvalue weighted by atomic mass is 9.74. The maximum atomic E-state index is 6.52. The third-order valence-electron chi connectivity index (χ3n) is 12.1. The van der Waals surface area contributed by atoms with Gasteiger partial charge in [0.2, 0.25) is 0 Å². The van der Waals surface area contributed by atoms with Gasteiger partial charge in [0, 0.05) is 27.4 Å². The van der Waals surface area contributed by atoms with Crippen molar-refractivity contribution in [2.45, 2.75) is 32.1 Å². The maximum Gasteiger partial charge on any atom is 0.143 e. The number of fused-ring (bicyclic) bond motifs is 5. The van der Waals surface area contributed by atoms with Crippen LogP contribution in [0.15, 0.2) is 210 Å². The molecule has 11 rings (SSSR count). The Kier molecular flexibility index (Phi) is 9.19. The lowest BCUT2D eigenvalue weighted by molar-refractivity contribution is 0.655. The monoisotopic (exact) mass is 759 g/mol. The Morgan fingerprint density at radius 2 is 0.966 bits per heavy atom. The highest BCUT2D eigenvalue weighted by Crippen LogP contribution is 2.54. The van der Waals surface area contributed by atoms with E-state index in [1.54, 1.807) is 11.1 Å². The first-order valence-electron chi connectivity index (χ1n) is 20.6. The topological polar surface area (TPSA) is 39.2 Å². The molecule has 9 aromatic rings. The molecule has 0 fully saturated rings. The average Bonchev–Trinajstić information content (AvgIpc) is 3.79. The minimum atomic E-state index is 0.105. The van der Waals surface area contributed by atoms with Gasteiger partial charge in [0.15, 0.2) is 0 Å².